The van der Waals surface area contributed by atoms with Gasteiger partial charge in [-0.25, -0.2) is 4.39 Å². The lowest BCUT2D eigenvalue weighted by atomic mass is 9.91. The summed E-state index contributed by atoms with van der Waals surface area (Å²) < 4.78 is 13.0. The van der Waals surface area contributed by atoms with E-state index in [0.717, 1.165) is 49.9 Å². The average Bonchev–Trinajstić information content (AvgIpc) is 2.63. The molecule has 0 spiro atoms. The van der Waals surface area contributed by atoms with Crippen LogP contribution in [0.4, 0.5) is 4.39 Å². The molecule has 0 aliphatic carbocycles. The Morgan fingerprint density at radius 3 is 2.72 bits per heavy atom. The molecule has 0 saturated carbocycles. The number of nitrogens with zero attached hydrogens (tertiary/aromatic N) is 1. The van der Waals surface area contributed by atoms with E-state index in [1.54, 1.807) is 25.1 Å². The van der Waals surface area contributed by atoms with Crippen molar-refractivity contribution in [3.8, 4) is 5.75 Å². The Balaban J connectivity index is 1.59. The Hall–Kier alpha value is -2.36. The van der Waals surface area contributed by atoms with Gasteiger partial charge in [-0.1, -0.05) is 12.1 Å². The van der Waals surface area contributed by atoms with Gasteiger partial charge in [0, 0.05) is 18.7 Å². The summed E-state index contributed by atoms with van der Waals surface area (Å²) in [6.07, 6.45) is 4.05. The summed E-state index contributed by atoms with van der Waals surface area (Å²) in [6.45, 7) is 3.35. The molecule has 1 atom stereocenters. The predicted molar refractivity (Wildman–Crippen MR) is 96.2 cm³/mol. The van der Waals surface area contributed by atoms with Gasteiger partial charge in [0.1, 0.15) is 11.6 Å². The van der Waals surface area contributed by atoms with Crippen LogP contribution in [0.15, 0.2) is 42.5 Å². The van der Waals surface area contributed by atoms with Crippen molar-refractivity contribution in [1.29, 1.82) is 0 Å². The van der Waals surface area contributed by atoms with Crippen molar-refractivity contribution in [2.75, 3.05) is 13.1 Å². The van der Waals surface area contributed by atoms with Crippen molar-refractivity contribution in [2.24, 2.45) is 5.92 Å². The number of phenols is 1. The number of aryl methyl sites for hydroxylation is 2. The number of halogens is 1. The first-order chi connectivity index (χ1) is 12.0. The van der Waals surface area contributed by atoms with Crippen LogP contribution in [0, 0.1) is 18.7 Å². The predicted octanol–water partition coefficient (Wildman–Crippen LogP) is 4.32. The first-order valence-electron chi connectivity index (χ1n) is 8.86. The lowest BCUT2D eigenvalue weighted by Gasteiger charge is -2.33. The molecule has 1 saturated heterocycles. The van der Waals surface area contributed by atoms with Gasteiger partial charge in [0.15, 0.2) is 0 Å². The minimum Gasteiger partial charge on any atom is -0.508 e. The van der Waals surface area contributed by atoms with Crippen LogP contribution in [0.3, 0.4) is 0 Å². The molecule has 1 fully saturated rings. The summed E-state index contributed by atoms with van der Waals surface area (Å²) in [5.41, 5.74) is 2.49. The van der Waals surface area contributed by atoms with Gasteiger partial charge in [-0.3, -0.25) is 4.79 Å². The zero-order valence-corrected chi connectivity index (χ0v) is 14.5. The number of rotatable bonds is 4. The Labute approximate surface area is 148 Å². The molecule has 1 aliphatic rings. The summed E-state index contributed by atoms with van der Waals surface area (Å²) >= 11 is 0. The highest BCUT2D eigenvalue weighted by atomic mass is 19.1. The van der Waals surface area contributed by atoms with Gasteiger partial charge in [-0.05, 0) is 80.0 Å². The van der Waals surface area contributed by atoms with E-state index in [2.05, 4.69) is 0 Å². The number of benzene rings is 2. The van der Waals surface area contributed by atoms with E-state index >= 15 is 0 Å². The number of carbonyl (C=O) groups excluding carboxylic acids is 1. The Bertz CT molecular complexity index is 742. The first kappa shape index (κ1) is 17.5. The van der Waals surface area contributed by atoms with Gasteiger partial charge >= 0.3 is 0 Å². The summed E-state index contributed by atoms with van der Waals surface area (Å²) in [7, 11) is 0. The second kappa shape index (κ2) is 7.68. The van der Waals surface area contributed by atoms with E-state index in [4.69, 9.17) is 0 Å². The van der Waals surface area contributed by atoms with Crippen molar-refractivity contribution in [2.45, 2.75) is 32.6 Å². The summed E-state index contributed by atoms with van der Waals surface area (Å²) in [4.78, 5) is 14.6. The van der Waals surface area contributed by atoms with E-state index in [-0.39, 0.29) is 17.5 Å². The molecular formula is C21H24FNO2. The Kier molecular flexibility index (Phi) is 5.37. The molecule has 2 aromatic carbocycles. The maximum absolute atomic E-state index is 13.0. The zero-order chi connectivity index (χ0) is 17.8. The largest absolute Gasteiger partial charge is 0.508 e. The van der Waals surface area contributed by atoms with E-state index < -0.39 is 0 Å². The molecule has 0 radical (unpaired) electrons. The molecule has 4 heteroatoms. The van der Waals surface area contributed by atoms with Gasteiger partial charge in [0.2, 0.25) is 0 Å². The molecule has 0 unspecified atom stereocenters. The van der Waals surface area contributed by atoms with Crippen LogP contribution in [0.25, 0.3) is 0 Å². The van der Waals surface area contributed by atoms with E-state index in [1.165, 1.54) is 12.1 Å². The Morgan fingerprint density at radius 2 is 2.00 bits per heavy atom. The number of likely N-dealkylation sites (tertiary alicyclic amines) is 1. The highest BCUT2D eigenvalue weighted by Crippen LogP contribution is 2.24. The molecule has 3 rings (SSSR count). The quantitative estimate of drug-likeness (QED) is 0.899. The van der Waals surface area contributed by atoms with E-state index in [1.807, 2.05) is 17.0 Å². The van der Waals surface area contributed by atoms with Gasteiger partial charge in [-0.2, -0.15) is 0 Å². The van der Waals surface area contributed by atoms with Crippen LogP contribution in [0.5, 0.6) is 5.75 Å². The minimum atomic E-state index is -0.206. The molecule has 2 aromatic rings. The highest BCUT2D eigenvalue weighted by molar-refractivity contribution is 5.94. The third kappa shape index (κ3) is 4.38. The first-order valence-corrected chi connectivity index (χ1v) is 8.86. The number of piperidine rings is 1. The van der Waals surface area contributed by atoms with Crippen molar-refractivity contribution < 1.29 is 14.3 Å². The second-order valence-corrected chi connectivity index (χ2v) is 6.93. The molecule has 3 nitrogen and oxygen atoms in total. The fourth-order valence-electron chi connectivity index (χ4n) is 3.48. The fraction of sp³-hybridized carbons (Fsp3) is 0.381. The number of phenolic OH excluding ortho intramolecular Hbond substituents is 1. The Morgan fingerprint density at radius 1 is 1.24 bits per heavy atom. The number of amides is 1. The molecule has 0 bridgehead atoms. The van der Waals surface area contributed by atoms with Crippen molar-refractivity contribution in [1.82, 2.24) is 4.90 Å². The molecule has 1 N–H and O–H groups in total. The highest BCUT2D eigenvalue weighted by Gasteiger charge is 2.24. The maximum atomic E-state index is 13.0. The molecule has 1 amide bonds. The third-order valence-electron chi connectivity index (χ3n) is 5.00. The average molecular weight is 341 g/mol. The van der Waals surface area contributed by atoms with Crippen LogP contribution >= 0.6 is 0 Å². The smallest absolute Gasteiger partial charge is 0.253 e. The van der Waals surface area contributed by atoms with Crippen LogP contribution < -0.4 is 0 Å². The van der Waals surface area contributed by atoms with Crippen LogP contribution in [0.2, 0.25) is 0 Å². The second-order valence-electron chi connectivity index (χ2n) is 6.93. The topological polar surface area (TPSA) is 40.5 Å². The van der Waals surface area contributed by atoms with Crippen molar-refractivity contribution in [3.63, 3.8) is 0 Å². The zero-order valence-electron chi connectivity index (χ0n) is 14.5. The SMILES string of the molecule is Cc1cc(C(=O)N2CCC[C@H](CCc3ccc(F)cc3)C2)ccc1O. The monoisotopic (exact) mass is 341 g/mol. The van der Waals surface area contributed by atoms with Gasteiger partial charge in [0.05, 0.1) is 0 Å². The van der Waals surface area contributed by atoms with E-state index in [0.29, 0.717) is 11.5 Å². The standard InChI is InChI=1S/C21H24FNO2/c1-15-13-18(8-11-20(15)24)21(25)23-12-2-3-17(14-23)5-4-16-6-9-19(22)10-7-16/h6-11,13,17,24H,2-5,12,14H2,1H3/t17-/m1/s1. The van der Waals surface area contributed by atoms with Crippen LogP contribution in [-0.4, -0.2) is 29.0 Å². The molecule has 132 valence electrons. The lowest BCUT2D eigenvalue weighted by Crippen LogP contribution is -2.40. The molecule has 1 aliphatic heterocycles. The lowest BCUT2D eigenvalue weighted by molar-refractivity contribution is 0.0668. The summed E-state index contributed by atoms with van der Waals surface area (Å²) in [5, 5.41) is 9.62. The van der Waals surface area contributed by atoms with Crippen LogP contribution in [0.1, 0.15) is 40.7 Å². The van der Waals surface area contributed by atoms with E-state index in [9.17, 15) is 14.3 Å². The fourth-order valence-corrected chi connectivity index (χ4v) is 3.48. The minimum absolute atomic E-state index is 0.0367. The summed E-state index contributed by atoms with van der Waals surface area (Å²) in [5.74, 6) is 0.519. The van der Waals surface area contributed by atoms with Gasteiger partial charge in [-0.15, -0.1) is 0 Å². The van der Waals surface area contributed by atoms with Gasteiger partial charge in [0.25, 0.3) is 5.91 Å². The molecule has 0 aromatic heterocycles. The number of hydrogen-bond acceptors (Lipinski definition) is 2. The molecular weight excluding hydrogens is 317 g/mol. The molecule has 1 heterocycles. The normalized spacial score (nSPS) is 17.5. The number of hydrogen-bond donors (Lipinski definition) is 1. The van der Waals surface area contributed by atoms with Crippen LogP contribution in [-0.2, 0) is 6.42 Å². The van der Waals surface area contributed by atoms with Crippen molar-refractivity contribution in [3.05, 3.63) is 65.0 Å². The van der Waals surface area contributed by atoms with Gasteiger partial charge < -0.3 is 10.0 Å². The molecule has 25 heavy (non-hydrogen) atoms. The maximum Gasteiger partial charge on any atom is 0.253 e. The van der Waals surface area contributed by atoms with Crippen molar-refractivity contribution >= 4 is 5.91 Å². The summed E-state index contributed by atoms with van der Waals surface area (Å²) in [6, 6.07) is 11.7. The number of carbonyl (C=O) groups is 1. The number of aromatic hydroxyl groups is 1. The third-order valence-corrected chi connectivity index (χ3v) is 5.00.